The van der Waals surface area contributed by atoms with Crippen molar-refractivity contribution in [3.05, 3.63) is 47.5 Å². The summed E-state index contributed by atoms with van der Waals surface area (Å²) in [7, 11) is -3.69. The molecule has 3 aromatic rings. The highest BCUT2D eigenvalue weighted by Crippen LogP contribution is 2.23. The molecular formula is C12H9ClN4O2S. The van der Waals surface area contributed by atoms with E-state index in [2.05, 4.69) is 20.1 Å². The number of rotatable bonds is 3. The lowest BCUT2D eigenvalue weighted by molar-refractivity contribution is 0.601. The number of anilines is 1. The average molecular weight is 309 g/mol. The first-order valence-electron chi connectivity index (χ1n) is 5.64. The van der Waals surface area contributed by atoms with Crippen LogP contribution in [0.3, 0.4) is 0 Å². The van der Waals surface area contributed by atoms with Gasteiger partial charge in [-0.2, -0.15) is 15.4 Å². The van der Waals surface area contributed by atoms with Gasteiger partial charge in [-0.15, -0.1) is 0 Å². The first kappa shape index (κ1) is 12.9. The Morgan fingerprint density at radius 2 is 1.80 bits per heavy atom. The fourth-order valence-electron chi connectivity index (χ4n) is 1.77. The first-order chi connectivity index (χ1) is 9.56. The lowest BCUT2D eigenvalue weighted by Crippen LogP contribution is -2.13. The predicted molar refractivity (Wildman–Crippen MR) is 76.1 cm³/mol. The van der Waals surface area contributed by atoms with Crippen molar-refractivity contribution in [1.82, 2.24) is 15.4 Å². The zero-order valence-corrected chi connectivity index (χ0v) is 11.6. The molecule has 0 saturated heterocycles. The number of benzene rings is 2. The molecule has 6 nitrogen and oxygen atoms in total. The highest BCUT2D eigenvalue weighted by atomic mass is 35.5. The van der Waals surface area contributed by atoms with Crippen LogP contribution in [-0.4, -0.2) is 23.8 Å². The number of fused-ring (bicyclic) bond motifs is 1. The molecule has 0 fully saturated rings. The third-order valence-electron chi connectivity index (χ3n) is 2.72. The molecule has 0 amide bonds. The van der Waals surface area contributed by atoms with E-state index >= 15 is 0 Å². The molecule has 2 aromatic carbocycles. The van der Waals surface area contributed by atoms with Crippen LogP contribution in [0.5, 0.6) is 0 Å². The molecule has 0 aliphatic carbocycles. The maximum Gasteiger partial charge on any atom is 0.261 e. The summed E-state index contributed by atoms with van der Waals surface area (Å²) in [5.74, 6) is 0. The number of nitrogens with zero attached hydrogens (tertiary/aromatic N) is 2. The Balaban J connectivity index is 2.01. The molecule has 2 N–H and O–H groups in total. The number of aromatic amines is 1. The molecule has 102 valence electrons. The van der Waals surface area contributed by atoms with Crippen molar-refractivity contribution >= 4 is 38.3 Å². The van der Waals surface area contributed by atoms with Crippen molar-refractivity contribution in [3.63, 3.8) is 0 Å². The minimum Gasteiger partial charge on any atom is -0.277 e. The van der Waals surface area contributed by atoms with Gasteiger partial charge in [0.15, 0.2) is 0 Å². The van der Waals surface area contributed by atoms with E-state index < -0.39 is 10.0 Å². The van der Waals surface area contributed by atoms with Crippen molar-refractivity contribution < 1.29 is 8.42 Å². The van der Waals surface area contributed by atoms with Crippen LogP contribution in [0.15, 0.2) is 47.4 Å². The number of hydrogen-bond donors (Lipinski definition) is 2. The van der Waals surface area contributed by atoms with E-state index in [1.807, 2.05) is 0 Å². The van der Waals surface area contributed by atoms with Gasteiger partial charge in [-0.1, -0.05) is 17.7 Å². The Hall–Kier alpha value is -2.12. The van der Waals surface area contributed by atoms with E-state index in [1.165, 1.54) is 24.3 Å². The van der Waals surface area contributed by atoms with E-state index in [0.717, 1.165) is 0 Å². The largest absolute Gasteiger partial charge is 0.277 e. The van der Waals surface area contributed by atoms with Gasteiger partial charge < -0.3 is 0 Å². The first-order valence-corrected chi connectivity index (χ1v) is 7.50. The molecule has 20 heavy (non-hydrogen) atoms. The molecule has 0 bridgehead atoms. The summed E-state index contributed by atoms with van der Waals surface area (Å²) in [5, 5.41) is 10.8. The van der Waals surface area contributed by atoms with Crippen molar-refractivity contribution in [2.45, 2.75) is 4.90 Å². The fourth-order valence-corrected chi connectivity index (χ4v) is 2.96. The van der Waals surface area contributed by atoms with E-state index in [9.17, 15) is 8.42 Å². The fraction of sp³-hybridized carbons (Fsp3) is 0. The normalized spacial score (nSPS) is 11.7. The van der Waals surface area contributed by atoms with E-state index in [0.29, 0.717) is 21.7 Å². The van der Waals surface area contributed by atoms with Crippen LogP contribution < -0.4 is 4.72 Å². The number of aromatic nitrogens is 3. The molecular weight excluding hydrogens is 300 g/mol. The van der Waals surface area contributed by atoms with Crippen LogP contribution in [0.25, 0.3) is 11.0 Å². The zero-order chi connectivity index (χ0) is 14.2. The predicted octanol–water partition coefficient (Wildman–Crippen LogP) is 2.41. The molecule has 0 spiro atoms. The minimum atomic E-state index is -3.69. The van der Waals surface area contributed by atoms with Gasteiger partial charge in [-0.3, -0.25) is 4.72 Å². The monoisotopic (exact) mass is 308 g/mol. The van der Waals surface area contributed by atoms with Crippen molar-refractivity contribution in [3.8, 4) is 0 Å². The van der Waals surface area contributed by atoms with E-state index in [1.54, 1.807) is 18.2 Å². The second-order valence-corrected chi connectivity index (χ2v) is 6.18. The van der Waals surface area contributed by atoms with Crippen LogP contribution in [0.1, 0.15) is 0 Å². The molecule has 3 rings (SSSR count). The Labute approximate surface area is 119 Å². The van der Waals surface area contributed by atoms with Gasteiger partial charge in [-0.25, -0.2) is 8.42 Å². The van der Waals surface area contributed by atoms with Crippen LogP contribution in [-0.2, 0) is 10.0 Å². The second-order valence-electron chi connectivity index (χ2n) is 4.06. The number of sulfonamides is 1. The Morgan fingerprint density at radius 3 is 2.55 bits per heavy atom. The highest BCUT2D eigenvalue weighted by Gasteiger charge is 2.16. The number of H-pyrrole nitrogens is 1. The number of hydrogen-bond acceptors (Lipinski definition) is 4. The summed E-state index contributed by atoms with van der Waals surface area (Å²) in [4.78, 5) is 0.127. The van der Waals surface area contributed by atoms with Crippen LogP contribution in [0.2, 0.25) is 5.02 Å². The maximum atomic E-state index is 12.3. The summed E-state index contributed by atoms with van der Waals surface area (Å²) in [5.41, 5.74) is 1.41. The summed E-state index contributed by atoms with van der Waals surface area (Å²) in [6, 6.07) is 11.0. The molecule has 0 unspecified atom stereocenters. The lowest BCUT2D eigenvalue weighted by atomic mass is 10.3. The molecule has 8 heteroatoms. The van der Waals surface area contributed by atoms with Crippen LogP contribution in [0.4, 0.5) is 5.69 Å². The maximum absolute atomic E-state index is 12.3. The van der Waals surface area contributed by atoms with Crippen LogP contribution in [0, 0.1) is 0 Å². The Kier molecular flexibility index (Phi) is 3.07. The van der Waals surface area contributed by atoms with E-state index in [-0.39, 0.29) is 4.90 Å². The summed E-state index contributed by atoms with van der Waals surface area (Å²) >= 11 is 5.75. The zero-order valence-electron chi connectivity index (χ0n) is 10.0. The van der Waals surface area contributed by atoms with Crippen LogP contribution >= 0.6 is 11.6 Å². The Bertz CT molecular complexity index is 859. The molecule has 0 radical (unpaired) electrons. The summed E-state index contributed by atoms with van der Waals surface area (Å²) < 4.78 is 27.0. The summed E-state index contributed by atoms with van der Waals surface area (Å²) in [6.45, 7) is 0. The topological polar surface area (TPSA) is 87.7 Å². The van der Waals surface area contributed by atoms with Gasteiger partial charge in [0.1, 0.15) is 11.0 Å². The third-order valence-corrected chi connectivity index (χ3v) is 4.35. The van der Waals surface area contributed by atoms with E-state index in [4.69, 9.17) is 11.6 Å². The quantitative estimate of drug-likeness (QED) is 0.777. The molecule has 1 heterocycles. The van der Waals surface area contributed by atoms with Crippen molar-refractivity contribution in [1.29, 1.82) is 0 Å². The van der Waals surface area contributed by atoms with Gasteiger partial charge in [0.25, 0.3) is 10.0 Å². The SMILES string of the molecule is O=S(=O)(Nc1cccc2n[nH]nc12)c1ccc(Cl)cc1. The summed E-state index contributed by atoms with van der Waals surface area (Å²) in [6.07, 6.45) is 0. The van der Waals surface area contributed by atoms with Gasteiger partial charge in [0, 0.05) is 5.02 Å². The Morgan fingerprint density at radius 1 is 1.05 bits per heavy atom. The molecule has 0 saturated carbocycles. The lowest BCUT2D eigenvalue weighted by Gasteiger charge is -2.08. The third kappa shape index (κ3) is 2.33. The second kappa shape index (κ2) is 4.77. The number of nitrogens with one attached hydrogen (secondary N) is 2. The van der Waals surface area contributed by atoms with Crippen molar-refractivity contribution in [2.24, 2.45) is 0 Å². The highest BCUT2D eigenvalue weighted by molar-refractivity contribution is 7.92. The number of para-hydroxylation sites is 1. The van der Waals surface area contributed by atoms with Gasteiger partial charge in [0.2, 0.25) is 0 Å². The minimum absolute atomic E-state index is 0.127. The van der Waals surface area contributed by atoms with Crippen molar-refractivity contribution in [2.75, 3.05) is 4.72 Å². The standard InChI is InChI=1S/C12H9ClN4O2S/c13-8-4-6-9(7-5-8)20(18,19)16-11-3-1-2-10-12(11)15-17-14-10/h1-7,16H,(H,14,15,17). The smallest absolute Gasteiger partial charge is 0.261 e. The van der Waals surface area contributed by atoms with Gasteiger partial charge in [0.05, 0.1) is 10.6 Å². The number of halogens is 1. The van der Waals surface area contributed by atoms with Gasteiger partial charge >= 0.3 is 0 Å². The molecule has 0 atom stereocenters. The average Bonchev–Trinajstić information content (AvgIpc) is 2.88. The molecule has 0 aliphatic heterocycles. The molecule has 1 aromatic heterocycles. The molecule has 0 aliphatic rings. The van der Waals surface area contributed by atoms with Gasteiger partial charge in [-0.05, 0) is 36.4 Å².